The van der Waals surface area contributed by atoms with Crippen LogP contribution in [-0.4, -0.2) is 34.9 Å². The van der Waals surface area contributed by atoms with Crippen molar-refractivity contribution in [3.05, 3.63) is 28.5 Å². The highest BCUT2D eigenvalue weighted by molar-refractivity contribution is 6.48. The number of aldehydes is 2. The minimum Gasteiger partial charge on any atom is -0.295 e. The van der Waals surface area contributed by atoms with E-state index in [1.807, 2.05) is 0 Å². The molecule has 10 heteroatoms. The van der Waals surface area contributed by atoms with Gasteiger partial charge in [0, 0.05) is 5.56 Å². The third-order valence-electron chi connectivity index (χ3n) is 2.46. The molecule has 1 rings (SSSR count). The molecule has 0 N–H and O–H groups in total. The number of hydrogen-bond donors (Lipinski definition) is 0. The standard InChI is InChI=1S/C12H5ClF3NO5/c13-8-2-1-5(11(17-8)12(14,15)16)10(22)9(6(20)3-18)7(21)4-19/h1-4,9H. The van der Waals surface area contributed by atoms with Gasteiger partial charge in [-0.25, -0.2) is 4.98 Å². The second-order valence-electron chi connectivity index (χ2n) is 3.87. The van der Waals surface area contributed by atoms with Crippen molar-refractivity contribution in [1.82, 2.24) is 4.98 Å². The second kappa shape index (κ2) is 6.56. The number of carbonyl (C=O) groups excluding carboxylic acids is 5. The smallest absolute Gasteiger partial charge is 0.295 e. The van der Waals surface area contributed by atoms with E-state index in [1.54, 1.807) is 0 Å². The number of hydrogen-bond acceptors (Lipinski definition) is 6. The molecular weight excluding hydrogens is 331 g/mol. The average Bonchev–Trinajstić information content (AvgIpc) is 2.45. The van der Waals surface area contributed by atoms with Crippen LogP contribution in [0.5, 0.6) is 0 Å². The molecule has 0 aliphatic heterocycles. The van der Waals surface area contributed by atoms with Gasteiger partial charge in [0.25, 0.3) is 0 Å². The zero-order valence-corrected chi connectivity index (χ0v) is 11.1. The first-order valence-corrected chi connectivity index (χ1v) is 5.77. The fourth-order valence-electron chi connectivity index (χ4n) is 1.54. The predicted molar refractivity (Wildman–Crippen MR) is 64.2 cm³/mol. The van der Waals surface area contributed by atoms with Crippen LogP contribution >= 0.6 is 11.6 Å². The van der Waals surface area contributed by atoms with Crippen LogP contribution in [0.25, 0.3) is 0 Å². The Bertz CT molecular complexity index is 651. The zero-order chi connectivity index (χ0) is 17.1. The lowest BCUT2D eigenvalue weighted by molar-refractivity contribution is -0.142. The molecular formula is C12H5ClF3NO5. The van der Waals surface area contributed by atoms with Gasteiger partial charge in [-0.15, -0.1) is 0 Å². The maximum Gasteiger partial charge on any atom is 0.434 e. The second-order valence-corrected chi connectivity index (χ2v) is 4.25. The van der Waals surface area contributed by atoms with E-state index >= 15 is 0 Å². The summed E-state index contributed by atoms with van der Waals surface area (Å²) in [5.41, 5.74) is -2.88. The van der Waals surface area contributed by atoms with E-state index in [4.69, 9.17) is 11.6 Å². The Balaban J connectivity index is 3.49. The highest BCUT2D eigenvalue weighted by atomic mass is 35.5. The van der Waals surface area contributed by atoms with Crippen LogP contribution in [0.2, 0.25) is 5.15 Å². The van der Waals surface area contributed by atoms with E-state index in [9.17, 15) is 37.1 Å². The normalized spacial score (nSPS) is 11.1. The van der Waals surface area contributed by atoms with Crippen LogP contribution in [0.4, 0.5) is 13.2 Å². The summed E-state index contributed by atoms with van der Waals surface area (Å²) in [6, 6.07) is 1.43. The SMILES string of the molecule is O=CC(=O)C(C(=O)C=O)C(=O)c1ccc(Cl)nc1C(F)(F)F. The van der Waals surface area contributed by atoms with E-state index in [2.05, 4.69) is 4.98 Å². The minimum atomic E-state index is -5.10. The molecule has 0 aliphatic carbocycles. The highest BCUT2D eigenvalue weighted by Crippen LogP contribution is 2.32. The van der Waals surface area contributed by atoms with Crippen LogP contribution in [-0.2, 0) is 25.4 Å². The highest BCUT2D eigenvalue weighted by Gasteiger charge is 2.42. The van der Waals surface area contributed by atoms with Crippen LogP contribution in [0.3, 0.4) is 0 Å². The molecule has 1 aromatic rings. The number of Topliss-reactive ketones (excluding diaryl/α,β-unsaturated/α-hetero) is 3. The molecule has 0 saturated heterocycles. The van der Waals surface area contributed by atoms with Crippen molar-refractivity contribution >= 4 is 41.5 Å². The van der Waals surface area contributed by atoms with Gasteiger partial charge in [0.15, 0.2) is 30.0 Å². The Morgan fingerprint density at radius 1 is 1.09 bits per heavy atom. The van der Waals surface area contributed by atoms with Crippen LogP contribution < -0.4 is 0 Å². The molecule has 6 nitrogen and oxygen atoms in total. The van der Waals surface area contributed by atoms with Gasteiger partial charge >= 0.3 is 6.18 Å². The third-order valence-corrected chi connectivity index (χ3v) is 2.67. The summed E-state index contributed by atoms with van der Waals surface area (Å²) in [7, 11) is 0. The van der Waals surface area contributed by atoms with Crippen LogP contribution in [0.15, 0.2) is 12.1 Å². The topological polar surface area (TPSA) is 98.2 Å². The third kappa shape index (κ3) is 3.61. The summed E-state index contributed by atoms with van der Waals surface area (Å²) < 4.78 is 38.5. The van der Waals surface area contributed by atoms with Gasteiger partial charge in [-0.05, 0) is 12.1 Å². The predicted octanol–water partition coefficient (Wildman–Crippen LogP) is 1.09. The minimum absolute atomic E-state index is 0.430. The Labute approximate surface area is 125 Å². The van der Waals surface area contributed by atoms with Crippen molar-refractivity contribution in [2.75, 3.05) is 0 Å². The van der Waals surface area contributed by atoms with E-state index in [0.29, 0.717) is 6.07 Å². The molecule has 1 heterocycles. The molecule has 0 spiro atoms. The number of carbonyl (C=O) groups is 5. The van der Waals surface area contributed by atoms with Gasteiger partial charge in [-0.2, -0.15) is 13.2 Å². The van der Waals surface area contributed by atoms with Crippen molar-refractivity contribution in [3.8, 4) is 0 Å². The zero-order valence-electron chi connectivity index (χ0n) is 10.4. The van der Waals surface area contributed by atoms with E-state index in [1.165, 1.54) is 0 Å². The van der Waals surface area contributed by atoms with Gasteiger partial charge in [-0.1, -0.05) is 11.6 Å². The van der Waals surface area contributed by atoms with Crippen molar-refractivity contribution in [2.45, 2.75) is 6.18 Å². The molecule has 0 radical (unpaired) electrons. The van der Waals surface area contributed by atoms with Crippen molar-refractivity contribution in [3.63, 3.8) is 0 Å². The first kappa shape index (κ1) is 17.6. The average molecular weight is 336 g/mol. The van der Waals surface area contributed by atoms with Gasteiger partial charge in [0.2, 0.25) is 11.6 Å². The number of nitrogens with zero attached hydrogens (tertiary/aromatic N) is 1. The number of halogens is 4. The number of alkyl halides is 3. The lowest BCUT2D eigenvalue weighted by atomic mass is 9.90. The summed E-state index contributed by atoms with van der Waals surface area (Å²) in [5.74, 6) is -7.40. The lowest BCUT2D eigenvalue weighted by Gasteiger charge is -2.13. The number of ketones is 3. The van der Waals surface area contributed by atoms with Gasteiger partial charge in [0.1, 0.15) is 5.15 Å². The molecule has 0 saturated carbocycles. The molecule has 0 unspecified atom stereocenters. The van der Waals surface area contributed by atoms with E-state index < -0.39 is 58.4 Å². The summed E-state index contributed by atoms with van der Waals surface area (Å²) in [5, 5.41) is -0.580. The fraction of sp³-hybridized carbons (Fsp3) is 0.167. The first-order valence-electron chi connectivity index (χ1n) is 5.39. The Hall–Kier alpha value is -2.42. The summed E-state index contributed by atoms with van der Waals surface area (Å²) in [6.07, 6.45) is -5.96. The monoisotopic (exact) mass is 335 g/mol. The number of rotatable bonds is 6. The molecule has 116 valence electrons. The maximum absolute atomic E-state index is 12.8. The fourth-order valence-corrected chi connectivity index (χ4v) is 1.69. The van der Waals surface area contributed by atoms with E-state index in [0.717, 1.165) is 6.07 Å². The first-order chi connectivity index (χ1) is 10.1. The largest absolute Gasteiger partial charge is 0.434 e. The lowest BCUT2D eigenvalue weighted by Crippen LogP contribution is -2.35. The molecule has 1 aromatic heterocycles. The van der Waals surface area contributed by atoms with Crippen molar-refractivity contribution < 1.29 is 37.1 Å². The Kier molecular flexibility index (Phi) is 5.26. The van der Waals surface area contributed by atoms with Gasteiger partial charge < -0.3 is 0 Å². The Morgan fingerprint density at radius 3 is 2.00 bits per heavy atom. The van der Waals surface area contributed by atoms with Gasteiger partial charge in [-0.3, -0.25) is 24.0 Å². The summed E-state index contributed by atoms with van der Waals surface area (Å²) in [4.78, 5) is 58.3. The molecule has 0 fully saturated rings. The summed E-state index contributed by atoms with van der Waals surface area (Å²) >= 11 is 5.32. The number of aromatic nitrogens is 1. The van der Waals surface area contributed by atoms with Crippen molar-refractivity contribution in [2.24, 2.45) is 5.92 Å². The quantitative estimate of drug-likeness (QED) is 0.254. The van der Waals surface area contributed by atoms with Gasteiger partial charge in [0.05, 0.1) is 0 Å². The molecule has 0 aromatic carbocycles. The van der Waals surface area contributed by atoms with Crippen LogP contribution in [0, 0.1) is 5.92 Å². The van der Waals surface area contributed by atoms with Crippen LogP contribution in [0.1, 0.15) is 16.1 Å². The molecule has 22 heavy (non-hydrogen) atoms. The summed E-state index contributed by atoms with van der Waals surface area (Å²) in [6.45, 7) is 0. The maximum atomic E-state index is 12.8. The molecule has 0 bridgehead atoms. The molecule has 0 atom stereocenters. The van der Waals surface area contributed by atoms with E-state index in [-0.39, 0.29) is 0 Å². The molecule has 0 aliphatic rings. The Morgan fingerprint density at radius 2 is 1.59 bits per heavy atom. The number of pyridine rings is 1. The molecule has 0 amide bonds. The van der Waals surface area contributed by atoms with Crippen molar-refractivity contribution in [1.29, 1.82) is 0 Å².